The Morgan fingerprint density at radius 1 is 0.739 bits per heavy atom. The summed E-state index contributed by atoms with van der Waals surface area (Å²) in [5.74, 6) is 0. The van der Waals surface area contributed by atoms with Gasteiger partial charge < -0.3 is 13.3 Å². The van der Waals surface area contributed by atoms with Crippen molar-refractivity contribution in [3.05, 3.63) is 59.7 Å². The Balaban J connectivity index is 2.04. The van der Waals surface area contributed by atoms with Gasteiger partial charge in [0.2, 0.25) is 0 Å². The highest BCUT2D eigenvalue weighted by atomic mass is 79.9. The van der Waals surface area contributed by atoms with Crippen LogP contribution < -0.4 is 0 Å². The zero-order valence-corrected chi connectivity index (χ0v) is 16.4. The van der Waals surface area contributed by atoms with Crippen molar-refractivity contribution < 1.29 is 13.3 Å². The lowest BCUT2D eigenvalue weighted by Gasteiger charge is -2.24. The first kappa shape index (κ1) is 18.4. The molecule has 2 aromatic rings. The third-order valence-corrected chi connectivity index (χ3v) is 7.42. The summed E-state index contributed by atoms with van der Waals surface area (Å²) in [5.41, 5.74) is 5.00. The molecule has 0 saturated heterocycles. The fourth-order valence-electron chi connectivity index (χ4n) is 2.50. The highest BCUT2D eigenvalue weighted by Gasteiger charge is 2.37. The first-order chi connectivity index (χ1) is 11.2. The monoisotopic (exact) mass is 394 g/mol. The van der Waals surface area contributed by atoms with Gasteiger partial charge in [0.15, 0.2) is 0 Å². The summed E-state index contributed by atoms with van der Waals surface area (Å²) in [6, 6.07) is 18.0. The molecule has 0 radical (unpaired) electrons. The van der Waals surface area contributed by atoms with Crippen molar-refractivity contribution in [2.75, 3.05) is 21.3 Å². The molecule has 0 aliphatic carbocycles. The molecule has 0 saturated carbocycles. The van der Waals surface area contributed by atoms with Crippen molar-refractivity contribution in [3.63, 3.8) is 0 Å². The number of aryl methyl sites for hydroxylation is 1. The lowest BCUT2D eigenvalue weighted by Crippen LogP contribution is -2.43. The SMILES string of the molecule is CO[Si](CCc1ccc(-c2ccc(CBr)cc2)cc1)(OC)OC. The second-order valence-corrected chi connectivity index (χ2v) is 8.97. The predicted molar refractivity (Wildman–Crippen MR) is 99.8 cm³/mol. The summed E-state index contributed by atoms with van der Waals surface area (Å²) in [5, 5.41) is 0.885. The lowest BCUT2D eigenvalue weighted by molar-refractivity contribution is 0.123. The maximum atomic E-state index is 5.46. The summed E-state index contributed by atoms with van der Waals surface area (Å²) in [4.78, 5) is 0. The minimum Gasteiger partial charge on any atom is -0.377 e. The van der Waals surface area contributed by atoms with Crippen LogP contribution in [-0.2, 0) is 25.0 Å². The van der Waals surface area contributed by atoms with Crippen LogP contribution in [0.25, 0.3) is 11.1 Å². The Labute approximate surface area is 148 Å². The third kappa shape index (κ3) is 4.75. The molecule has 0 unspecified atom stereocenters. The molecule has 0 fully saturated rings. The average Bonchev–Trinajstić information content (AvgIpc) is 2.64. The molecule has 0 aliphatic heterocycles. The van der Waals surface area contributed by atoms with E-state index in [0.717, 1.165) is 17.8 Å². The Hall–Kier alpha value is -0.983. The van der Waals surface area contributed by atoms with Crippen molar-refractivity contribution in [3.8, 4) is 11.1 Å². The molecular weight excluding hydrogens is 372 g/mol. The van der Waals surface area contributed by atoms with Crippen molar-refractivity contribution in [2.45, 2.75) is 17.8 Å². The van der Waals surface area contributed by atoms with Gasteiger partial charge >= 0.3 is 8.80 Å². The van der Waals surface area contributed by atoms with Crippen LogP contribution in [0.5, 0.6) is 0 Å². The van der Waals surface area contributed by atoms with E-state index in [0.29, 0.717) is 0 Å². The van der Waals surface area contributed by atoms with Gasteiger partial charge in [0.25, 0.3) is 0 Å². The van der Waals surface area contributed by atoms with Gasteiger partial charge in [0, 0.05) is 32.7 Å². The summed E-state index contributed by atoms with van der Waals surface area (Å²) in [7, 11) is 2.46. The van der Waals surface area contributed by atoms with E-state index in [1.807, 2.05) is 0 Å². The molecule has 0 spiro atoms. The van der Waals surface area contributed by atoms with Gasteiger partial charge in [0.1, 0.15) is 0 Å². The molecule has 2 rings (SSSR count). The van der Waals surface area contributed by atoms with Gasteiger partial charge in [-0.3, -0.25) is 0 Å². The van der Waals surface area contributed by atoms with E-state index in [9.17, 15) is 0 Å². The van der Waals surface area contributed by atoms with E-state index in [2.05, 4.69) is 64.5 Å². The predicted octanol–water partition coefficient (Wildman–Crippen LogP) is 4.67. The molecule has 0 aliphatic rings. The number of halogens is 1. The van der Waals surface area contributed by atoms with E-state index < -0.39 is 8.80 Å². The second kappa shape index (κ2) is 8.75. The van der Waals surface area contributed by atoms with Crippen molar-refractivity contribution in [1.82, 2.24) is 0 Å². The maximum absolute atomic E-state index is 5.46. The van der Waals surface area contributed by atoms with Gasteiger partial charge in [-0.2, -0.15) is 0 Å². The summed E-state index contributed by atoms with van der Waals surface area (Å²) < 4.78 is 16.4. The zero-order valence-electron chi connectivity index (χ0n) is 13.8. The Morgan fingerprint density at radius 2 is 1.17 bits per heavy atom. The smallest absolute Gasteiger partial charge is 0.377 e. The first-order valence-electron chi connectivity index (χ1n) is 7.56. The molecule has 0 atom stereocenters. The van der Waals surface area contributed by atoms with Crippen LogP contribution in [0.4, 0.5) is 0 Å². The minimum atomic E-state index is -2.49. The van der Waals surface area contributed by atoms with Crippen LogP contribution in [0, 0.1) is 0 Å². The van der Waals surface area contributed by atoms with E-state index in [1.54, 1.807) is 21.3 Å². The molecule has 2 aromatic carbocycles. The van der Waals surface area contributed by atoms with Crippen LogP contribution in [0.15, 0.2) is 48.5 Å². The fourth-order valence-corrected chi connectivity index (χ4v) is 4.58. The molecule has 0 amide bonds. The topological polar surface area (TPSA) is 27.7 Å². The van der Waals surface area contributed by atoms with E-state index in [4.69, 9.17) is 13.3 Å². The maximum Gasteiger partial charge on any atom is 0.500 e. The Bertz CT molecular complexity index is 586. The summed E-state index contributed by atoms with van der Waals surface area (Å²) >= 11 is 3.47. The van der Waals surface area contributed by atoms with Crippen LogP contribution in [0.1, 0.15) is 11.1 Å². The number of benzene rings is 2. The third-order valence-electron chi connectivity index (χ3n) is 4.05. The number of hydrogen-bond donors (Lipinski definition) is 0. The van der Waals surface area contributed by atoms with Crippen molar-refractivity contribution >= 4 is 24.7 Å². The Kier molecular flexibility index (Phi) is 6.99. The van der Waals surface area contributed by atoms with Gasteiger partial charge in [-0.15, -0.1) is 0 Å². The highest BCUT2D eigenvalue weighted by Crippen LogP contribution is 2.23. The van der Waals surface area contributed by atoms with E-state index in [-0.39, 0.29) is 0 Å². The number of alkyl halides is 1. The van der Waals surface area contributed by atoms with Crippen LogP contribution in [0.3, 0.4) is 0 Å². The summed E-state index contributed by atoms with van der Waals surface area (Å²) in [6.45, 7) is 0. The lowest BCUT2D eigenvalue weighted by atomic mass is 10.0. The first-order valence-corrected chi connectivity index (χ1v) is 10.6. The molecule has 0 bridgehead atoms. The summed E-state index contributed by atoms with van der Waals surface area (Å²) in [6.07, 6.45) is 0.880. The van der Waals surface area contributed by atoms with Crippen LogP contribution in [0.2, 0.25) is 6.04 Å². The molecule has 0 aromatic heterocycles. The number of hydrogen-bond acceptors (Lipinski definition) is 3. The van der Waals surface area contributed by atoms with Crippen molar-refractivity contribution in [2.24, 2.45) is 0 Å². The molecule has 0 N–H and O–H groups in total. The van der Waals surface area contributed by atoms with Crippen LogP contribution >= 0.6 is 15.9 Å². The Morgan fingerprint density at radius 3 is 1.57 bits per heavy atom. The molecule has 23 heavy (non-hydrogen) atoms. The molecule has 3 nitrogen and oxygen atoms in total. The van der Waals surface area contributed by atoms with E-state index in [1.165, 1.54) is 22.3 Å². The van der Waals surface area contributed by atoms with Crippen molar-refractivity contribution in [1.29, 1.82) is 0 Å². The molecule has 5 heteroatoms. The zero-order chi connectivity index (χ0) is 16.7. The average molecular weight is 395 g/mol. The van der Waals surface area contributed by atoms with Gasteiger partial charge in [-0.25, -0.2) is 0 Å². The van der Waals surface area contributed by atoms with Crippen LogP contribution in [-0.4, -0.2) is 30.1 Å². The highest BCUT2D eigenvalue weighted by molar-refractivity contribution is 9.08. The standard InChI is InChI=1S/C18H23BrO3Si/c1-20-23(21-2,22-3)13-12-15-4-8-17(9-5-15)18-10-6-16(14-19)7-11-18/h4-11H,12-14H2,1-3H3. The normalized spacial score (nSPS) is 11.7. The molecular formula is C18H23BrO3Si. The number of rotatable bonds is 8. The van der Waals surface area contributed by atoms with E-state index >= 15 is 0 Å². The fraction of sp³-hybridized carbons (Fsp3) is 0.333. The van der Waals surface area contributed by atoms with Gasteiger partial charge in [0.05, 0.1) is 0 Å². The van der Waals surface area contributed by atoms with Gasteiger partial charge in [-0.1, -0.05) is 64.5 Å². The molecule has 124 valence electrons. The second-order valence-electron chi connectivity index (χ2n) is 5.32. The molecule has 0 heterocycles. The largest absolute Gasteiger partial charge is 0.500 e. The van der Waals surface area contributed by atoms with Gasteiger partial charge in [-0.05, 0) is 28.7 Å². The minimum absolute atomic E-state index is 0.774. The quantitative estimate of drug-likeness (QED) is 0.480.